The van der Waals surface area contributed by atoms with E-state index in [1.807, 2.05) is 0 Å². The molecule has 0 radical (unpaired) electrons. The first-order chi connectivity index (χ1) is 11.6. The van der Waals surface area contributed by atoms with Gasteiger partial charge in [-0.2, -0.15) is 0 Å². The SMILES string of the molecule is C[C@H]1Cc2ccccc2N1CCCNC(=O)c1ccc(Cl)cc1F. The van der Waals surface area contributed by atoms with Gasteiger partial charge in [0.15, 0.2) is 0 Å². The van der Waals surface area contributed by atoms with Crippen molar-refractivity contribution in [1.82, 2.24) is 5.32 Å². The van der Waals surface area contributed by atoms with Gasteiger partial charge in [-0.15, -0.1) is 0 Å². The van der Waals surface area contributed by atoms with Gasteiger partial charge in [-0.05, 0) is 49.6 Å². The Morgan fingerprint density at radius 3 is 2.92 bits per heavy atom. The summed E-state index contributed by atoms with van der Waals surface area (Å²) in [7, 11) is 0. The van der Waals surface area contributed by atoms with Crippen LogP contribution in [0.5, 0.6) is 0 Å². The molecule has 2 aromatic rings. The van der Waals surface area contributed by atoms with E-state index < -0.39 is 11.7 Å². The van der Waals surface area contributed by atoms with Crippen molar-refractivity contribution in [1.29, 1.82) is 0 Å². The molecule has 1 amide bonds. The summed E-state index contributed by atoms with van der Waals surface area (Å²) in [5, 5.41) is 3.06. The Balaban J connectivity index is 1.51. The smallest absolute Gasteiger partial charge is 0.254 e. The fraction of sp³-hybridized carbons (Fsp3) is 0.316. The molecule has 1 atom stereocenters. The quantitative estimate of drug-likeness (QED) is 0.828. The normalized spacial score (nSPS) is 16.1. The Morgan fingerprint density at radius 2 is 2.12 bits per heavy atom. The van der Waals surface area contributed by atoms with E-state index in [2.05, 4.69) is 41.4 Å². The first-order valence-corrected chi connectivity index (χ1v) is 8.52. The van der Waals surface area contributed by atoms with Gasteiger partial charge in [0.2, 0.25) is 0 Å². The van der Waals surface area contributed by atoms with Gasteiger partial charge in [-0.3, -0.25) is 4.79 Å². The van der Waals surface area contributed by atoms with Gasteiger partial charge in [-0.1, -0.05) is 29.8 Å². The molecule has 1 N–H and O–H groups in total. The molecular weight excluding hydrogens is 327 g/mol. The third-order valence-electron chi connectivity index (χ3n) is 4.39. The molecule has 0 saturated carbocycles. The molecule has 24 heavy (non-hydrogen) atoms. The molecule has 5 heteroatoms. The second-order valence-corrected chi connectivity index (χ2v) is 6.55. The third kappa shape index (κ3) is 3.54. The molecule has 0 bridgehead atoms. The number of rotatable bonds is 5. The summed E-state index contributed by atoms with van der Waals surface area (Å²) in [6.45, 7) is 3.58. The van der Waals surface area contributed by atoms with E-state index in [4.69, 9.17) is 11.6 Å². The number of carbonyl (C=O) groups excluding carboxylic acids is 1. The minimum absolute atomic E-state index is 0.0271. The summed E-state index contributed by atoms with van der Waals surface area (Å²) < 4.78 is 13.7. The van der Waals surface area contributed by atoms with Crippen molar-refractivity contribution in [2.45, 2.75) is 25.8 Å². The number of carbonyl (C=O) groups is 1. The van der Waals surface area contributed by atoms with Crippen molar-refractivity contribution in [2.75, 3.05) is 18.0 Å². The highest BCUT2D eigenvalue weighted by Gasteiger charge is 2.24. The maximum Gasteiger partial charge on any atom is 0.254 e. The largest absolute Gasteiger partial charge is 0.368 e. The van der Waals surface area contributed by atoms with Crippen LogP contribution in [-0.4, -0.2) is 25.0 Å². The van der Waals surface area contributed by atoms with Gasteiger partial charge in [0.25, 0.3) is 5.91 Å². The Labute approximate surface area is 146 Å². The molecule has 2 aromatic carbocycles. The van der Waals surface area contributed by atoms with Gasteiger partial charge < -0.3 is 10.2 Å². The standard InChI is InChI=1S/C19H20ClFN2O/c1-13-11-14-5-2-3-6-18(14)23(13)10-4-9-22-19(24)16-8-7-15(20)12-17(16)21/h2-3,5-8,12-13H,4,9-11H2,1H3,(H,22,24)/t13-/m0/s1. The maximum atomic E-state index is 13.7. The lowest BCUT2D eigenvalue weighted by molar-refractivity contribution is 0.0949. The maximum absolute atomic E-state index is 13.7. The number of para-hydroxylation sites is 1. The number of fused-ring (bicyclic) bond motifs is 1. The molecule has 1 aliphatic heterocycles. The molecule has 3 rings (SSSR count). The number of nitrogens with zero attached hydrogens (tertiary/aromatic N) is 1. The molecule has 0 spiro atoms. The molecule has 1 aliphatic rings. The molecule has 0 fully saturated rings. The fourth-order valence-electron chi connectivity index (χ4n) is 3.19. The van der Waals surface area contributed by atoms with Crippen LogP contribution in [0.4, 0.5) is 10.1 Å². The summed E-state index contributed by atoms with van der Waals surface area (Å²) in [5.41, 5.74) is 2.68. The molecular formula is C19H20ClFN2O. The minimum Gasteiger partial charge on any atom is -0.368 e. The topological polar surface area (TPSA) is 32.3 Å². The summed E-state index contributed by atoms with van der Waals surface area (Å²) in [5.74, 6) is -0.999. The number of hydrogen-bond acceptors (Lipinski definition) is 2. The average molecular weight is 347 g/mol. The number of anilines is 1. The first-order valence-electron chi connectivity index (χ1n) is 8.14. The van der Waals surface area contributed by atoms with Crippen LogP contribution >= 0.6 is 11.6 Å². The van der Waals surface area contributed by atoms with Crippen LogP contribution in [0.15, 0.2) is 42.5 Å². The van der Waals surface area contributed by atoms with Gasteiger partial charge in [0, 0.05) is 29.8 Å². The third-order valence-corrected chi connectivity index (χ3v) is 4.62. The molecule has 0 aliphatic carbocycles. The van der Waals surface area contributed by atoms with E-state index in [1.54, 1.807) is 0 Å². The zero-order valence-electron chi connectivity index (χ0n) is 13.6. The van der Waals surface area contributed by atoms with Crippen molar-refractivity contribution in [3.63, 3.8) is 0 Å². The minimum atomic E-state index is -0.595. The summed E-state index contributed by atoms with van der Waals surface area (Å²) in [4.78, 5) is 14.4. The van der Waals surface area contributed by atoms with E-state index in [-0.39, 0.29) is 10.6 Å². The second-order valence-electron chi connectivity index (χ2n) is 6.11. The zero-order valence-corrected chi connectivity index (χ0v) is 14.3. The molecule has 0 saturated heterocycles. The van der Waals surface area contributed by atoms with Crippen LogP contribution in [0.3, 0.4) is 0 Å². The number of halogens is 2. The highest BCUT2D eigenvalue weighted by atomic mass is 35.5. The number of benzene rings is 2. The van der Waals surface area contributed by atoms with Crippen LogP contribution in [0.25, 0.3) is 0 Å². The Morgan fingerprint density at radius 1 is 1.33 bits per heavy atom. The van der Waals surface area contributed by atoms with Crippen molar-refractivity contribution < 1.29 is 9.18 Å². The van der Waals surface area contributed by atoms with E-state index >= 15 is 0 Å². The summed E-state index contributed by atoms with van der Waals surface area (Å²) >= 11 is 5.70. The lowest BCUT2D eigenvalue weighted by Crippen LogP contribution is -2.33. The lowest BCUT2D eigenvalue weighted by atomic mass is 10.1. The highest BCUT2D eigenvalue weighted by molar-refractivity contribution is 6.30. The summed E-state index contributed by atoms with van der Waals surface area (Å²) in [6.07, 6.45) is 1.86. The Hall–Kier alpha value is -2.07. The number of amides is 1. The van der Waals surface area contributed by atoms with E-state index in [0.717, 1.165) is 25.5 Å². The van der Waals surface area contributed by atoms with Crippen LogP contribution < -0.4 is 10.2 Å². The van der Waals surface area contributed by atoms with Crippen molar-refractivity contribution in [3.05, 3.63) is 64.4 Å². The van der Waals surface area contributed by atoms with Gasteiger partial charge in [0.1, 0.15) is 5.82 Å². The molecule has 3 nitrogen and oxygen atoms in total. The van der Waals surface area contributed by atoms with Crippen LogP contribution in [0.2, 0.25) is 5.02 Å². The summed E-state index contributed by atoms with van der Waals surface area (Å²) in [6, 6.07) is 13.0. The van der Waals surface area contributed by atoms with Crippen LogP contribution in [-0.2, 0) is 6.42 Å². The van der Waals surface area contributed by atoms with E-state index in [1.165, 1.54) is 23.4 Å². The highest BCUT2D eigenvalue weighted by Crippen LogP contribution is 2.31. The van der Waals surface area contributed by atoms with Crippen molar-refractivity contribution in [3.8, 4) is 0 Å². The lowest BCUT2D eigenvalue weighted by Gasteiger charge is -2.24. The number of nitrogens with one attached hydrogen (secondary N) is 1. The predicted octanol–water partition coefficient (Wildman–Crippen LogP) is 4.05. The average Bonchev–Trinajstić information content (AvgIpc) is 2.87. The zero-order chi connectivity index (χ0) is 17.1. The van der Waals surface area contributed by atoms with Crippen molar-refractivity contribution >= 4 is 23.2 Å². The van der Waals surface area contributed by atoms with Gasteiger partial charge in [0.05, 0.1) is 5.56 Å². The molecule has 1 heterocycles. The van der Waals surface area contributed by atoms with Crippen LogP contribution in [0.1, 0.15) is 29.3 Å². The van der Waals surface area contributed by atoms with E-state index in [0.29, 0.717) is 12.6 Å². The predicted molar refractivity (Wildman–Crippen MR) is 95.3 cm³/mol. The van der Waals surface area contributed by atoms with E-state index in [9.17, 15) is 9.18 Å². The Bertz CT molecular complexity index is 750. The Kier molecular flexibility index (Phi) is 5.05. The molecule has 126 valence electrons. The fourth-order valence-corrected chi connectivity index (χ4v) is 3.35. The second kappa shape index (κ2) is 7.22. The van der Waals surface area contributed by atoms with Crippen molar-refractivity contribution in [2.24, 2.45) is 0 Å². The van der Waals surface area contributed by atoms with Gasteiger partial charge in [-0.25, -0.2) is 4.39 Å². The number of hydrogen-bond donors (Lipinski definition) is 1. The first kappa shape index (κ1) is 16.8. The monoisotopic (exact) mass is 346 g/mol. The molecule has 0 aromatic heterocycles. The van der Waals surface area contributed by atoms with Gasteiger partial charge >= 0.3 is 0 Å². The van der Waals surface area contributed by atoms with Crippen LogP contribution in [0, 0.1) is 5.82 Å². The molecule has 0 unspecified atom stereocenters.